The molecular formula is C17H13F2N5O2. The summed E-state index contributed by atoms with van der Waals surface area (Å²) in [7, 11) is 1.64. The summed E-state index contributed by atoms with van der Waals surface area (Å²) in [4.78, 5) is 23.7. The van der Waals surface area contributed by atoms with Crippen LogP contribution >= 0.6 is 0 Å². The zero-order valence-corrected chi connectivity index (χ0v) is 13.6. The van der Waals surface area contributed by atoms with E-state index in [4.69, 9.17) is 4.42 Å². The molecule has 0 fully saturated rings. The summed E-state index contributed by atoms with van der Waals surface area (Å²) in [5.74, 6) is -0.690. The number of anilines is 1. The molecule has 26 heavy (non-hydrogen) atoms. The predicted octanol–water partition coefficient (Wildman–Crippen LogP) is 2.75. The molecule has 4 rings (SSSR count). The number of furan rings is 1. The molecule has 3 aromatic heterocycles. The molecule has 0 amide bonds. The van der Waals surface area contributed by atoms with Crippen molar-refractivity contribution in [1.82, 2.24) is 19.5 Å². The van der Waals surface area contributed by atoms with Crippen LogP contribution in [-0.2, 0) is 6.54 Å². The maximum absolute atomic E-state index is 14.0. The van der Waals surface area contributed by atoms with Gasteiger partial charge in [-0.05, 0) is 18.2 Å². The van der Waals surface area contributed by atoms with Gasteiger partial charge in [-0.15, -0.1) is 0 Å². The minimum atomic E-state index is -0.736. The van der Waals surface area contributed by atoms with E-state index in [-0.39, 0.29) is 23.7 Å². The standard InChI is InChI=1S/C17H13F2N5O2/c1-20-16-21-13(12-3-2-6-26-12)14-15(23-16)24(17(25)22-14)8-9-4-5-10(18)7-11(9)19/h2-7H,8H2,1H3,(H,22,25)(H,20,21,23). The van der Waals surface area contributed by atoms with E-state index in [1.54, 1.807) is 19.2 Å². The lowest BCUT2D eigenvalue weighted by molar-refractivity contribution is 0.566. The Balaban J connectivity index is 1.92. The highest BCUT2D eigenvalue weighted by atomic mass is 19.1. The first kappa shape index (κ1) is 16.0. The Morgan fingerprint density at radius 3 is 2.81 bits per heavy atom. The average Bonchev–Trinajstić information content (AvgIpc) is 3.25. The largest absolute Gasteiger partial charge is 0.463 e. The smallest absolute Gasteiger partial charge is 0.328 e. The van der Waals surface area contributed by atoms with Crippen molar-refractivity contribution < 1.29 is 13.2 Å². The van der Waals surface area contributed by atoms with Crippen LogP contribution in [0.2, 0.25) is 0 Å². The second kappa shape index (κ2) is 6.10. The molecule has 0 unspecified atom stereocenters. The van der Waals surface area contributed by atoms with Gasteiger partial charge in [0.05, 0.1) is 12.8 Å². The van der Waals surface area contributed by atoms with Crippen molar-refractivity contribution in [2.45, 2.75) is 6.54 Å². The van der Waals surface area contributed by atoms with Gasteiger partial charge in [0.25, 0.3) is 0 Å². The van der Waals surface area contributed by atoms with Crippen molar-refractivity contribution in [2.75, 3.05) is 12.4 Å². The number of fused-ring (bicyclic) bond motifs is 1. The van der Waals surface area contributed by atoms with E-state index in [9.17, 15) is 13.6 Å². The summed E-state index contributed by atoms with van der Waals surface area (Å²) < 4.78 is 33.8. The zero-order chi connectivity index (χ0) is 18.3. The molecule has 0 radical (unpaired) electrons. The lowest BCUT2D eigenvalue weighted by Gasteiger charge is -2.07. The van der Waals surface area contributed by atoms with Crippen LogP contribution in [0.1, 0.15) is 5.56 Å². The van der Waals surface area contributed by atoms with Gasteiger partial charge in [-0.1, -0.05) is 6.07 Å². The van der Waals surface area contributed by atoms with Gasteiger partial charge >= 0.3 is 5.69 Å². The number of hydrogen-bond acceptors (Lipinski definition) is 5. The molecule has 0 aliphatic heterocycles. The second-order valence-electron chi connectivity index (χ2n) is 5.57. The summed E-state index contributed by atoms with van der Waals surface area (Å²) in [5, 5.41) is 2.82. The quantitative estimate of drug-likeness (QED) is 0.586. The van der Waals surface area contributed by atoms with Crippen molar-refractivity contribution in [3.63, 3.8) is 0 Å². The Kier molecular flexibility index (Phi) is 3.76. The van der Waals surface area contributed by atoms with Crippen LogP contribution in [0.15, 0.2) is 45.8 Å². The third-order valence-corrected chi connectivity index (χ3v) is 3.94. The van der Waals surface area contributed by atoms with Crippen molar-refractivity contribution in [3.05, 3.63) is 64.3 Å². The fourth-order valence-corrected chi connectivity index (χ4v) is 2.70. The van der Waals surface area contributed by atoms with Crippen LogP contribution in [0, 0.1) is 11.6 Å². The van der Waals surface area contributed by atoms with Crippen molar-refractivity contribution in [2.24, 2.45) is 0 Å². The monoisotopic (exact) mass is 357 g/mol. The summed E-state index contributed by atoms with van der Waals surface area (Å²) in [6.07, 6.45) is 1.49. The predicted molar refractivity (Wildman–Crippen MR) is 90.9 cm³/mol. The molecule has 0 saturated carbocycles. The molecule has 0 aliphatic carbocycles. The van der Waals surface area contributed by atoms with Gasteiger partial charge in [-0.3, -0.25) is 4.57 Å². The van der Waals surface area contributed by atoms with E-state index in [0.29, 0.717) is 17.0 Å². The van der Waals surface area contributed by atoms with E-state index < -0.39 is 17.3 Å². The molecule has 0 aliphatic rings. The number of aromatic nitrogens is 4. The highest BCUT2D eigenvalue weighted by Crippen LogP contribution is 2.26. The van der Waals surface area contributed by atoms with Crippen LogP contribution in [0.5, 0.6) is 0 Å². The Morgan fingerprint density at radius 2 is 2.12 bits per heavy atom. The van der Waals surface area contributed by atoms with E-state index in [1.165, 1.54) is 16.9 Å². The molecule has 0 atom stereocenters. The summed E-state index contributed by atoms with van der Waals surface area (Å²) in [6, 6.07) is 6.61. The maximum atomic E-state index is 14.0. The van der Waals surface area contributed by atoms with Gasteiger partial charge < -0.3 is 14.7 Å². The molecule has 9 heteroatoms. The number of nitrogens with one attached hydrogen (secondary N) is 2. The number of aromatic amines is 1. The van der Waals surface area contributed by atoms with Gasteiger partial charge in [0.2, 0.25) is 5.95 Å². The fourth-order valence-electron chi connectivity index (χ4n) is 2.70. The number of halogens is 2. The number of benzene rings is 1. The Hall–Kier alpha value is -3.49. The van der Waals surface area contributed by atoms with E-state index in [1.807, 2.05) is 0 Å². The molecule has 7 nitrogen and oxygen atoms in total. The van der Waals surface area contributed by atoms with Gasteiger partial charge in [0.15, 0.2) is 11.4 Å². The lowest BCUT2D eigenvalue weighted by atomic mass is 10.2. The lowest BCUT2D eigenvalue weighted by Crippen LogP contribution is -2.18. The Morgan fingerprint density at radius 1 is 1.27 bits per heavy atom. The molecule has 2 N–H and O–H groups in total. The second-order valence-corrected chi connectivity index (χ2v) is 5.57. The molecule has 1 aromatic carbocycles. The van der Waals surface area contributed by atoms with Crippen LogP contribution in [0.4, 0.5) is 14.7 Å². The van der Waals surface area contributed by atoms with Gasteiger partial charge in [0, 0.05) is 18.7 Å². The number of hydrogen-bond donors (Lipinski definition) is 2. The number of imidazole rings is 1. The Bertz CT molecular complexity index is 1150. The number of H-pyrrole nitrogens is 1. The van der Waals surface area contributed by atoms with Crippen LogP contribution in [-0.4, -0.2) is 26.6 Å². The van der Waals surface area contributed by atoms with Crippen LogP contribution in [0.25, 0.3) is 22.6 Å². The minimum absolute atomic E-state index is 0.108. The molecule has 132 valence electrons. The molecule has 0 saturated heterocycles. The van der Waals surface area contributed by atoms with E-state index in [0.717, 1.165) is 12.1 Å². The third kappa shape index (κ3) is 2.63. The molecule has 0 spiro atoms. The van der Waals surface area contributed by atoms with Crippen molar-refractivity contribution in [3.8, 4) is 11.5 Å². The average molecular weight is 357 g/mol. The first-order valence-electron chi connectivity index (χ1n) is 7.73. The maximum Gasteiger partial charge on any atom is 0.328 e. The molecule has 3 heterocycles. The Labute approximate surface area is 145 Å². The van der Waals surface area contributed by atoms with E-state index in [2.05, 4.69) is 20.3 Å². The highest BCUT2D eigenvalue weighted by Gasteiger charge is 2.19. The fraction of sp³-hybridized carbons (Fsp3) is 0.118. The molecular weight excluding hydrogens is 344 g/mol. The normalized spacial score (nSPS) is 11.2. The van der Waals surface area contributed by atoms with Crippen molar-refractivity contribution >= 4 is 17.1 Å². The SMILES string of the molecule is CNc1nc(-c2ccco2)c2[nH]c(=O)n(Cc3ccc(F)cc3F)c2n1. The first-order valence-corrected chi connectivity index (χ1v) is 7.73. The highest BCUT2D eigenvalue weighted by molar-refractivity contribution is 5.86. The van der Waals surface area contributed by atoms with Gasteiger partial charge in [-0.25, -0.2) is 18.6 Å². The van der Waals surface area contributed by atoms with Crippen molar-refractivity contribution in [1.29, 1.82) is 0 Å². The number of rotatable bonds is 4. The molecule has 0 bridgehead atoms. The van der Waals surface area contributed by atoms with Crippen LogP contribution < -0.4 is 11.0 Å². The topological polar surface area (TPSA) is 88.7 Å². The van der Waals surface area contributed by atoms with Gasteiger partial charge in [0.1, 0.15) is 22.8 Å². The van der Waals surface area contributed by atoms with E-state index >= 15 is 0 Å². The third-order valence-electron chi connectivity index (χ3n) is 3.94. The molecule has 4 aromatic rings. The zero-order valence-electron chi connectivity index (χ0n) is 13.6. The summed E-state index contributed by atoms with van der Waals surface area (Å²) >= 11 is 0. The summed E-state index contributed by atoms with van der Waals surface area (Å²) in [5.41, 5.74) is 0.730. The summed E-state index contributed by atoms with van der Waals surface area (Å²) in [6.45, 7) is -0.108. The first-order chi connectivity index (χ1) is 12.6. The van der Waals surface area contributed by atoms with Gasteiger partial charge in [-0.2, -0.15) is 4.98 Å². The van der Waals surface area contributed by atoms with Crippen LogP contribution in [0.3, 0.4) is 0 Å². The minimum Gasteiger partial charge on any atom is -0.463 e. The number of nitrogens with zero attached hydrogens (tertiary/aromatic N) is 3.